The van der Waals surface area contributed by atoms with Crippen LogP contribution in [0.25, 0.3) is 0 Å². The fraction of sp³-hybridized carbons (Fsp3) is 0.818. The van der Waals surface area contributed by atoms with Crippen molar-refractivity contribution in [2.45, 2.75) is 58.5 Å². The molecule has 0 aliphatic carbocycles. The first-order chi connectivity index (χ1) is 7.02. The molecule has 0 aromatic rings. The molecule has 0 fully saturated rings. The molecule has 0 saturated carbocycles. The minimum atomic E-state index is -0.755. The number of hydrogen-bond acceptors (Lipinski definition) is 3. The molecule has 0 rings (SSSR count). The van der Waals surface area contributed by atoms with Crippen LogP contribution in [-0.2, 0) is 36.0 Å². The Bertz CT molecular complexity index is 204. The molecule has 0 saturated heterocycles. The van der Waals surface area contributed by atoms with Crippen LogP contribution in [0.5, 0.6) is 0 Å². The number of esters is 1. The van der Waals surface area contributed by atoms with Crippen molar-refractivity contribution in [3.63, 3.8) is 0 Å². The topological polar surface area (TPSA) is 63.6 Å². The standard InChI is InChI=1S/C11H20O4.Ti/c1-9(2)15-11(14)8-6-4-3-5-7-10(12)13;/h9H,3-8H2,1-2H3,(H,12,13);. The maximum Gasteiger partial charge on any atom is 0.306 e. The predicted molar refractivity (Wildman–Crippen MR) is 56.6 cm³/mol. The predicted octanol–water partition coefficient (Wildman–Crippen LogP) is 2.36. The Kier molecular flexibility index (Phi) is 12.6. The Balaban J connectivity index is 0. The fourth-order valence-corrected chi connectivity index (χ4v) is 1.22. The molecular weight excluding hydrogens is 244 g/mol. The minimum absolute atomic E-state index is 0. The smallest absolute Gasteiger partial charge is 0.306 e. The molecule has 0 aliphatic heterocycles. The Labute approximate surface area is 112 Å². The van der Waals surface area contributed by atoms with Gasteiger partial charge >= 0.3 is 11.9 Å². The van der Waals surface area contributed by atoms with E-state index in [1.165, 1.54) is 0 Å². The van der Waals surface area contributed by atoms with E-state index < -0.39 is 5.97 Å². The molecule has 0 radical (unpaired) electrons. The largest absolute Gasteiger partial charge is 0.481 e. The second kappa shape index (κ2) is 11.1. The van der Waals surface area contributed by atoms with Gasteiger partial charge in [0.2, 0.25) is 0 Å². The summed E-state index contributed by atoms with van der Waals surface area (Å²) in [6.07, 6.45) is 3.83. The summed E-state index contributed by atoms with van der Waals surface area (Å²) in [4.78, 5) is 21.3. The maximum absolute atomic E-state index is 11.1. The summed E-state index contributed by atoms with van der Waals surface area (Å²) in [5.74, 6) is -0.919. The van der Waals surface area contributed by atoms with Crippen LogP contribution in [0, 0.1) is 0 Å². The molecule has 92 valence electrons. The van der Waals surface area contributed by atoms with Gasteiger partial charge in [0.05, 0.1) is 6.10 Å². The van der Waals surface area contributed by atoms with E-state index in [1.54, 1.807) is 0 Å². The van der Waals surface area contributed by atoms with E-state index in [2.05, 4.69) is 0 Å². The molecule has 0 heterocycles. The van der Waals surface area contributed by atoms with Crippen molar-refractivity contribution in [2.75, 3.05) is 0 Å². The SMILES string of the molecule is CC(C)OC(=O)CCCCCCC(=O)O.[Ti]. The zero-order valence-corrected chi connectivity index (χ0v) is 11.6. The van der Waals surface area contributed by atoms with Crippen molar-refractivity contribution in [2.24, 2.45) is 0 Å². The summed E-state index contributed by atoms with van der Waals surface area (Å²) in [7, 11) is 0. The van der Waals surface area contributed by atoms with Crippen molar-refractivity contribution >= 4 is 11.9 Å². The molecule has 4 nitrogen and oxygen atoms in total. The Morgan fingerprint density at radius 3 is 2.00 bits per heavy atom. The molecule has 5 heteroatoms. The second-order valence-corrected chi connectivity index (χ2v) is 3.85. The summed E-state index contributed by atoms with van der Waals surface area (Å²) in [5, 5.41) is 8.38. The quantitative estimate of drug-likeness (QED) is 0.415. The van der Waals surface area contributed by atoms with Gasteiger partial charge in [-0.3, -0.25) is 9.59 Å². The van der Waals surface area contributed by atoms with Gasteiger partial charge in [-0.15, -0.1) is 0 Å². The number of unbranched alkanes of at least 4 members (excludes halogenated alkanes) is 3. The molecule has 0 unspecified atom stereocenters. The van der Waals surface area contributed by atoms with Crippen LogP contribution in [-0.4, -0.2) is 23.1 Å². The molecule has 0 amide bonds. The van der Waals surface area contributed by atoms with E-state index in [0.717, 1.165) is 19.3 Å². The molecule has 0 atom stereocenters. The molecule has 0 bridgehead atoms. The van der Waals surface area contributed by atoms with E-state index in [0.29, 0.717) is 12.8 Å². The van der Waals surface area contributed by atoms with E-state index in [-0.39, 0.29) is 40.2 Å². The number of hydrogen-bond donors (Lipinski definition) is 1. The van der Waals surface area contributed by atoms with Crippen LogP contribution in [0.3, 0.4) is 0 Å². The first-order valence-electron chi connectivity index (χ1n) is 5.43. The zero-order chi connectivity index (χ0) is 11.7. The summed E-state index contributed by atoms with van der Waals surface area (Å²) in [5.41, 5.74) is 0. The second-order valence-electron chi connectivity index (χ2n) is 3.85. The van der Waals surface area contributed by atoms with Crippen LogP contribution >= 0.6 is 0 Å². The van der Waals surface area contributed by atoms with Gasteiger partial charge in [0.15, 0.2) is 0 Å². The van der Waals surface area contributed by atoms with Gasteiger partial charge in [0, 0.05) is 34.6 Å². The van der Waals surface area contributed by atoms with Gasteiger partial charge in [-0.1, -0.05) is 12.8 Å². The van der Waals surface area contributed by atoms with Crippen LogP contribution in [0.4, 0.5) is 0 Å². The number of carboxylic acids is 1. The number of carbonyl (C=O) groups is 2. The summed E-state index contributed by atoms with van der Waals surface area (Å²) < 4.78 is 4.96. The number of aliphatic carboxylic acids is 1. The monoisotopic (exact) mass is 264 g/mol. The number of rotatable bonds is 8. The summed E-state index contributed by atoms with van der Waals surface area (Å²) in [6.45, 7) is 3.65. The van der Waals surface area contributed by atoms with Crippen LogP contribution in [0.1, 0.15) is 52.4 Å². The van der Waals surface area contributed by atoms with Gasteiger partial charge in [-0.25, -0.2) is 0 Å². The Morgan fingerprint density at radius 1 is 1.06 bits per heavy atom. The molecule has 1 N–H and O–H groups in total. The van der Waals surface area contributed by atoms with Crippen molar-refractivity contribution < 1.29 is 41.2 Å². The number of ether oxygens (including phenoxy) is 1. The summed E-state index contributed by atoms with van der Waals surface area (Å²) in [6, 6.07) is 0. The third-order valence-electron chi connectivity index (χ3n) is 1.89. The summed E-state index contributed by atoms with van der Waals surface area (Å²) >= 11 is 0. The molecule has 16 heavy (non-hydrogen) atoms. The van der Waals surface area contributed by atoms with Crippen molar-refractivity contribution in [3.8, 4) is 0 Å². The number of carbonyl (C=O) groups excluding carboxylic acids is 1. The van der Waals surface area contributed by atoms with Crippen molar-refractivity contribution in [3.05, 3.63) is 0 Å². The molecular formula is C11H20O4Ti. The van der Waals surface area contributed by atoms with Gasteiger partial charge in [-0.2, -0.15) is 0 Å². The molecule has 0 aromatic carbocycles. The third kappa shape index (κ3) is 13.7. The molecule has 0 spiro atoms. The van der Waals surface area contributed by atoms with E-state index in [4.69, 9.17) is 9.84 Å². The number of carboxylic acid groups (broad SMARTS) is 1. The van der Waals surface area contributed by atoms with Crippen molar-refractivity contribution in [1.82, 2.24) is 0 Å². The Morgan fingerprint density at radius 2 is 1.56 bits per heavy atom. The van der Waals surface area contributed by atoms with E-state index in [1.807, 2.05) is 13.8 Å². The average Bonchev–Trinajstić information content (AvgIpc) is 2.09. The fourth-order valence-electron chi connectivity index (χ4n) is 1.22. The average molecular weight is 264 g/mol. The maximum atomic E-state index is 11.1. The molecule has 0 aliphatic rings. The van der Waals surface area contributed by atoms with Gasteiger partial charge in [0.25, 0.3) is 0 Å². The van der Waals surface area contributed by atoms with E-state index in [9.17, 15) is 9.59 Å². The van der Waals surface area contributed by atoms with Gasteiger partial charge in [0.1, 0.15) is 0 Å². The normalized spacial score (nSPS) is 9.69. The van der Waals surface area contributed by atoms with Crippen LogP contribution < -0.4 is 0 Å². The van der Waals surface area contributed by atoms with Crippen molar-refractivity contribution in [1.29, 1.82) is 0 Å². The Hall–Kier alpha value is -0.346. The zero-order valence-electron chi connectivity index (χ0n) is 9.99. The van der Waals surface area contributed by atoms with Crippen LogP contribution in [0.15, 0.2) is 0 Å². The van der Waals surface area contributed by atoms with Gasteiger partial charge in [-0.05, 0) is 26.7 Å². The van der Waals surface area contributed by atoms with Gasteiger partial charge < -0.3 is 9.84 Å². The van der Waals surface area contributed by atoms with Crippen LogP contribution in [0.2, 0.25) is 0 Å². The van der Waals surface area contributed by atoms with E-state index >= 15 is 0 Å². The molecule has 0 aromatic heterocycles. The first kappa shape index (κ1) is 18.0. The minimum Gasteiger partial charge on any atom is -0.481 e. The third-order valence-corrected chi connectivity index (χ3v) is 1.89. The first-order valence-corrected chi connectivity index (χ1v) is 5.43.